The molecule has 2 aromatic rings. The fourth-order valence-corrected chi connectivity index (χ4v) is 4.72. The summed E-state index contributed by atoms with van der Waals surface area (Å²) in [7, 11) is 0. The van der Waals surface area contributed by atoms with E-state index in [1.54, 1.807) is 0 Å². The van der Waals surface area contributed by atoms with Crippen LogP contribution in [0.15, 0.2) is 48.5 Å². The minimum absolute atomic E-state index is 0.0486. The molecule has 10 heteroatoms. The van der Waals surface area contributed by atoms with Gasteiger partial charge in [0, 0.05) is 5.92 Å². The number of hydrogen-bond donors (Lipinski definition) is 1. The van der Waals surface area contributed by atoms with E-state index in [9.17, 15) is 40.6 Å². The number of benzene rings is 2. The fraction of sp³-hybridized carbons (Fsp3) is 0.348. The molecule has 3 nitrogen and oxygen atoms in total. The highest BCUT2D eigenvalue weighted by molar-refractivity contribution is 5.75. The van der Waals surface area contributed by atoms with E-state index in [0.717, 1.165) is 12.1 Å². The third kappa shape index (κ3) is 4.36. The zero-order chi connectivity index (χ0) is 24.2. The van der Waals surface area contributed by atoms with Crippen LogP contribution in [0, 0.1) is 11.7 Å². The molecule has 33 heavy (non-hydrogen) atoms. The molecule has 0 amide bonds. The van der Waals surface area contributed by atoms with Gasteiger partial charge in [0.2, 0.25) is 0 Å². The molecule has 3 atom stereocenters. The standard InChI is InChI=1S/C23H17F7O3/c24-17-3-1-12(2-4-17)19-18(20(31)32)5-6-21(19)10-14(11-33-21)13-7-15(22(25,26)27)9-16(8-13)23(28,29)30/h1-4,7-10,18-19H,5-6,11H2,(H,31,32)/t18-,19+,21+/m0/s1. The first-order valence-electron chi connectivity index (χ1n) is 9.94. The number of ether oxygens (including phenoxy) is 1. The highest BCUT2D eigenvalue weighted by Crippen LogP contribution is 2.54. The summed E-state index contributed by atoms with van der Waals surface area (Å²) in [4.78, 5) is 11.9. The summed E-state index contributed by atoms with van der Waals surface area (Å²) >= 11 is 0. The van der Waals surface area contributed by atoms with Crippen LogP contribution in [0.4, 0.5) is 30.7 Å². The van der Waals surface area contributed by atoms with E-state index in [0.29, 0.717) is 17.7 Å². The number of rotatable bonds is 3. The Balaban J connectivity index is 1.81. The number of hydrogen-bond acceptors (Lipinski definition) is 2. The van der Waals surface area contributed by atoms with Crippen LogP contribution in [0.25, 0.3) is 5.57 Å². The normalized spacial score (nSPS) is 25.5. The molecule has 1 aliphatic carbocycles. The highest BCUT2D eigenvalue weighted by Gasteiger charge is 2.54. The van der Waals surface area contributed by atoms with Gasteiger partial charge in [0.05, 0.1) is 29.3 Å². The summed E-state index contributed by atoms with van der Waals surface area (Å²) in [5.41, 5.74) is -3.88. The van der Waals surface area contributed by atoms with E-state index >= 15 is 0 Å². The first-order valence-corrected chi connectivity index (χ1v) is 9.94. The van der Waals surface area contributed by atoms with Crippen molar-refractivity contribution in [2.45, 2.75) is 36.7 Å². The van der Waals surface area contributed by atoms with Crippen molar-refractivity contribution in [3.8, 4) is 0 Å². The maximum absolute atomic E-state index is 13.4. The van der Waals surface area contributed by atoms with Gasteiger partial charge >= 0.3 is 18.3 Å². The molecule has 1 N–H and O–H groups in total. The van der Waals surface area contributed by atoms with E-state index in [2.05, 4.69) is 0 Å². The van der Waals surface area contributed by atoms with Crippen LogP contribution in [0.5, 0.6) is 0 Å². The van der Waals surface area contributed by atoms with Crippen molar-refractivity contribution in [3.05, 3.63) is 76.6 Å². The average molecular weight is 474 g/mol. The fourth-order valence-electron chi connectivity index (χ4n) is 4.72. The summed E-state index contributed by atoms with van der Waals surface area (Å²) in [6, 6.07) is 6.42. The molecule has 176 valence electrons. The van der Waals surface area contributed by atoms with Gasteiger partial charge in [-0.05, 0) is 65.9 Å². The predicted molar refractivity (Wildman–Crippen MR) is 103 cm³/mol. The summed E-state index contributed by atoms with van der Waals surface area (Å²) < 4.78 is 98.8. The van der Waals surface area contributed by atoms with Crippen molar-refractivity contribution in [1.29, 1.82) is 0 Å². The lowest BCUT2D eigenvalue weighted by atomic mass is 9.79. The Bertz CT molecular complexity index is 1070. The molecule has 0 radical (unpaired) electrons. The Morgan fingerprint density at radius 1 is 0.970 bits per heavy atom. The van der Waals surface area contributed by atoms with Crippen LogP contribution in [0.3, 0.4) is 0 Å². The van der Waals surface area contributed by atoms with Crippen LogP contribution in [-0.4, -0.2) is 23.3 Å². The molecule has 4 rings (SSSR count). The maximum Gasteiger partial charge on any atom is 0.416 e. The van der Waals surface area contributed by atoms with Gasteiger partial charge in [-0.25, -0.2) is 4.39 Å². The number of halogens is 7. The van der Waals surface area contributed by atoms with Crippen LogP contribution >= 0.6 is 0 Å². The summed E-state index contributed by atoms with van der Waals surface area (Å²) in [6.45, 7) is -0.289. The first-order chi connectivity index (χ1) is 15.3. The number of aliphatic carboxylic acids is 1. The number of carbonyl (C=O) groups is 1. The second-order valence-electron chi connectivity index (χ2n) is 8.22. The van der Waals surface area contributed by atoms with E-state index in [4.69, 9.17) is 4.74 Å². The van der Waals surface area contributed by atoms with Crippen LogP contribution in [-0.2, 0) is 21.9 Å². The van der Waals surface area contributed by atoms with Gasteiger partial charge in [0.1, 0.15) is 5.82 Å². The lowest BCUT2D eigenvalue weighted by Gasteiger charge is -2.31. The molecule has 1 aliphatic heterocycles. The predicted octanol–water partition coefficient (Wildman–Crippen LogP) is 6.29. The largest absolute Gasteiger partial charge is 0.481 e. The number of carboxylic acids is 1. The quantitative estimate of drug-likeness (QED) is 0.532. The molecule has 2 aliphatic rings. The molecule has 1 saturated carbocycles. The minimum atomic E-state index is -4.99. The summed E-state index contributed by atoms with van der Waals surface area (Å²) in [5, 5.41) is 9.68. The zero-order valence-corrected chi connectivity index (χ0v) is 16.8. The summed E-state index contributed by atoms with van der Waals surface area (Å²) in [6.07, 6.45) is -8.18. The van der Waals surface area contributed by atoms with Gasteiger partial charge in [0.25, 0.3) is 0 Å². The number of alkyl halides is 6. The minimum Gasteiger partial charge on any atom is -0.481 e. The molecule has 0 aromatic heterocycles. The van der Waals surface area contributed by atoms with Crippen molar-refractivity contribution < 1.29 is 45.4 Å². The Morgan fingerprint density at radius 2 is 1.55 bits per heavy atom. The Labute approximate surface area is 183 Å². The van der Waals surface area contributed by atoms with Gasteiger partial charge in [0.15, 0.2) is 0 Å². The molecule has 1 spiro atoms. The first kappa shape index (κ1) is 23.3. The molecule has 2 aromatic carbocycles. The maximum atomic E-state index is 13.4. The van der Waals surface area contributed by atoms with Gasteiger partial charge in [-0.1, -0.05) is 12.1 Å². The SMILES string of the molecule is O=C(O)[C@H]1CC[C@@]2(C=C(c3cc(C(F)(F)F)cc(C(F)(F)F)c3)CO2)[C@@H]1c1ccc(F)cc1. The lowest BCUT2D eigenvalue weighted by Crippen LogP contribution is -2.34. The second-order valence-corrected chi connectivity index (χ2v) is 8.22. The third-order valence-corrected chi connectivity index (χ3v) is 6.19. The van der Waals surface area contributed by atoms with Crippen molar-refractivity contribution in [2.75, 3.05) is 6.61 Å². The van der Waals surface area contributed by atoms with Crippen LogP contribution in [0.1, 0.15) is 41.0 Å². The highest BCUT2D eigenvalue weighted by atomic mass is 19.4. The summed E-state index contributed by atoms with van der Waals surface area (Å²) in [5.74, 6) is -3.37. The van der Waals surface area contributed by atoms with E-state index in [1.165, 1.54) is 18.2 Å². The van der Waals surface area contributed by atoms with E-state index < -0.39 is 52.7 Å². The zero-order valence-electron chi connectivity index (χ0n) is 16.8. The molecular weight excluding hydrogens is 457 g/mol. The molecule has 1 heterocycles. The molecule has 0 bridgehead atoms. The molecule has 0 saturated heterocycles. The van der Waals surface area contributed by atoms with Crippen LogP contribution in [0.2, 0.25) is 0 Å². The molecule has 1 fully saturated rings. The number of carboxylic acid groups (broad SMARTS) is 1. The molecular formula is C23H17F7O3. The topological polar surface area (TPSA) is 46.5 Å². The van der Waals surface area contributed by atoms with Crippen molar-refractivity contribution in [2.24, 2.45) is 5.92 Å². The monoisotopic (exact) mass is 474 g/mol. The van der Waals surface area contributed by atoms with Gasteiger partial charge in [-0.2, -0.15) is 26.3 Å². The van der Waals surface area contributed by atoms with Crippen molar-refractivity contribution in [1.82, 2.24) is 0 Å². The second kappa shape index (κ2) is 7.86. The third-order valence-electron chi connectivity index (χ3n) is 6.19. The Hall–Kier alpha value is -2.88. The van der Waals surface area contributed by atoms with Crippen molar-refractivity contribution >= 4 is 11.5 Å². The van der Waals surface area contributed by atoms with E-state index in [1.807, 2.05) is 0 Å². The van der Waals surface area contributed by atoms with Gasteiger partial charge in [-0.15, -0.1) is 0 Å². The Morgan fingerprint density at radius 3 is 2.06 bits per heavy atom. The Kier molecular flexibility index (Phi) is 5.55. The van der Waals surface area contributed by atoms with Crippen LogP contribution < -0.4 is 0 Å². The van der Waals surface area contributed by atoms with Crippen molar-refractivity contribution in [3.63, 3.8) is 0 Å². The lowest BCUT2D eigenvalue weighted by molar-refractivity contribution is -0.144. The van der Waals surface area contributed by atoms with Gasteiger partial charge in [-0.3, -0.25) is 4.79 Å². The van der Waals surface area contributed by atoms with E-state index in [-0.39, 0.29) is 36.7 Å². The smallest absolute Gasteiger partial charge is 0.416 e. The average Bonchev–Trinajstić information content (AvgIpc) is 3.32. The molecule has 0 unspecified atom stereocenters. The van der Waals surface area contributed by atoms with Gasteiger partial charge < -0.3 is 9.84 Å².